The number of nitrogens with zero attached hydrogens (tertiary/aromatic N) is 3. The van der Waals surface area contributed by atoms with Gasteiger partial charge in [-0.3, -0.25) is 14.4 Å². The summed E-state index contributed by atoms with van der Waals surface area (Å²) in [5.41, 5.74) is 0.801. The Morgan fingerprint density at radius 3 is 2.59 bits per heavy atom. The van der Waals surface area contributed by atoms with Crippen molar-refractivity contribution < 1.29 is 18.7 Å². The molecule has 11 heteroatoms. The second kappa shape index (κ2) is 11.7. The first-order valence-electron chi connectivity index (χ1n) is 13.2. The van der Waals surface area contributed by atoms with Crippen molar-refractivity contribution in [3.63, 3.8) is 0 Å². The van der Waals surface area contributed by atoms with E-state index in [2.05, 4.69) is 21.6 Å². The number of carbonyl (C=O) groups excluding carboxylic acids is 2. The molecule has 0 radical (unpaired) electrons. The van der Waals surface area contributed by atoms with Gasteiger partial charge < -0.3 is 15.0 Å². The summed E-state index contributed by atoms with van der Waals surface area (Å²) in [7, 11) is 0. The lowest BCUT2D eigenvalue weighted by Crippen LogP contribution is -2.52. The van der Waals surface area contributed by atoms with E-state index in [1.165, 1.54) is 24.3 Å². The molecule has 2 aromatic carbocycles. The third kappa shape index (κ3) is 6.25. The number of rotatable bonds is 7. The van der Waals surface area contributed by atoms with Gasteiger partial charge in [0.05, 0.1) is 34.3 Å². The maximum absolute atomic E-state index is 13.9. The maximum atomic E-state index is 13.9. The van der Waals surface area contributed by atoms with Crippen LogP contribution in [0.25, 0.3) is 0 Å². The Hall–Kier alpha value is -4.23. The average Bonchev–Trinajstić information content (AvgIpc) is 3.39. The summed E-state index contributed by atoms with van der Waals surface area (Å²) in [5.74, 6) is -0.931. The SMILES string of the molecule is Cc1cc(Oc2ccc(C(=O)N[C@H](C)C(=O)N3C(C(C)(C)C#N)CC[C@H]3c3ccc(F)c(Cl)c3)cc2C)c(=O)[nH]n1. The van der Waals surface area contributed by atoms with Crippen molar-refractivity contribution in [2.75, 3.05) is 0 Å². The molecule has 2 N–H and O–H groups in total. The summed E-state index contributed by atoms with van der Waals surface area (Å²) < 4.78 is 19.6. The van der Waals surface area contributed by atoms with E-state index >= 15 is 0 Å². The van der Waals surface area contributed by atoms with E-state index in [1.807, 2.05) is 0 Å². The summed E-state index contributed by atoms with van der Waals surface area (Å²) in [6.07, 6.45) is 1.12. The van der Waals surface area contributed by atoms with Gasteiger partial charge in [-0.1, -0.05) is 17.7 Å². The molecule has 41 heavy (non-hydrogen) atoms. The molecule has 214 valence electrons. The number of aromatic amines is 1. The first-order valence-corrected chi connectivity index (χ1v) is 13.5. The van der Waals surface area contributed by atoms with Crippen molar-refractivity contribution in [3.8, 4) is 17.6 Å². The van der Waals surface area contributed by atoms with Crippen LogP contribution >= 0.6 is 11.6 Å². The fraction of sp³-hybridized carbons (Fsp3) is 0.367. The van der Waals surface area contributed by atoms with E-state index < -0.39 is 40.8 Å². The van der Waals surface area contributed by atoms with Gasteiger partial charge in [-0.05, 0) is 88.9 Å². The van der Waals surface area contributed by atoms with Crippen LogP contribution in [0.15, 0.2) is 47.3 Å². The highest BCUT2D eigenvalue weighted by Gasteiger charge is 2.46. The summed E-state index contributed by atoms with van der Waals surface area (Å²) in [4.78, 5) is 40.7. The van der Waals surface area contributed by atoms with Gasteiger partial charge in [0.15, 0.2) is 5.75 Å². The van der Waals surface area contributed by atoms with Crippen LogP contribution < -0.4 is 15.6 Å². The van der Waals surface area contributed by atoms with Crippen molar-refractivity contribution in [3.05, 3.63) is 86.0 Å². The molecule has 1 fully saturated rings. The van der Waals surface area contributed by atoms with E-state index in [0.717, 1.165) is 0 Å². The summed E-state index contributed by atoms with van der Waals surface area (Å²) in [6, 6.07) is 11.1. The third-order valence-corrected chi connectivity index (χ3v) is 7.65. The Balaban J connectivity index is 1.54. The highest BCUT2D eigenvalue weighted by molar-refractivity contribution is 6.30. The van der Waals surface area contributed by atoms with Crippen LogP contribution in [0.3, 0.4) is 0 Å². The van der Waals surface area contributed by atoms with Gasteiger partial charge in [-0.15, -0.1) is 0 Å². The van der Waals surface area contributed by atoms with Crippen molar-refractivity contribution >= 4 is 23.4 Å². The van der Waals surface area contributed by atoms with Gasteiger partial charge in [0.25, 0.3) is 5.91 Å². The fourth-order valence-corrected chi connectivity index (χ4v) is 5.28. The molecule has 0 saturated carbocycles. The number of H-pyrrole nitrogens is 1. The van der Waals surface area contributed by atoms with Crippen LogP contribution in [0, 0.1) is 36.4 Å². The topological polar surface area (TPSA) is 128 Å². The predicted molar refractivity (Wildman–Crippen MR) is 151 cm³/mol. The number of aromatic nitrogens is 2. The molecule has 3 atom stereocenters. The first kappa shape index (κ1) is 29.7. The minimum Gasteiger partial charge on any atom is -0.451 e. The van der Waals surface area contributed by atoms with Crippen LogP contribution in [-0.2, 0) is 4.79 Å². The van der Waals surface area contributed by atoms with Crippen LogP contribution in [0.2, 0.25) is 5.02 Å². The second-order valence-electron chi connectivity index (χ2n) is 10.8. The zero-order chi connectivity index (χ0) is 30.1. The molecule has 0 spiro atoms. The number of aryl methyl sites for hydroxylation is 2. The molecule has 1 unspecified atom stereocenters. The Labute approximate surface area is 242 Å². The van der Waals surface area contributed by atoms with Crippen LogP contribution in [-0.4, -0.2) is 39.0 Å². The summed E-state index contributed by atoms with van der Waals surface area (Å²) in [6.45, 7) is 8.59. The molecule has 1 aliphatic rings. The quantitative estimate of drug-likeness (QED) is 0.387. The molecule has 1 aromatic heterocycles. The molecule has 1 aliphatic heterocycles. The van der Waals surface area contributed by atoms with Gasteiger partial charge in [0.2, 0.25) is 5.91 Å². The fourth-order valence-electron chi connectivity index (χ4n) is 5.09. The molecule has 2 heterocycles. The summed E-state index contributed by atoms with van der Waals surface area (Å²) >= 11 is 6.04. The Bertz CT molecular complexity index is 1600. The number of nitrogens with one attached hydrogen (secondary N) is 2. The van der Waals surface area contributed by atoms with Crippen molar-refractivity contribution in [1.82, 2.24) is 20.4 Å². The number of nitriles is 1. The second-order valence-corrected chi connectivity index (χ2v) is 11.2. The van der Waals surface area contributed by atoms with Gasteiger partial charge in [0, 0.05) is 11.6 Å². The van der Waals surface area contributed by atoms with Crippen LogP contribution in [0.5, 0.6) is 11.5 Å². The number of ether oxygens (including phenoxy) is 1. The van der Waals surface area contributed by atoms with Gasteiger partial charge in [-0.25, -0.2) is 9.49 Å². The van der Waals surface area contributed by atoms with E-state index in [0.29, 0.717) is 41.0 Å². The number of carbonyl (C=O) groups is 2. The lowest BCUT2D eigenvalue weighted by molar-refractivity contribution is -0.137. The number of likely N-dealkylation sites (tertiary alicyclic amines) is 1. The Morgan fingerprint density at radius 1 is 1.20 bits per heavy atom. The number of hydrogen-bond acceptors (Lipinski definition) is 6. The normalized spacial score (nSPS) is 17.6. The Kier molecular flexibility index (Phi) is 8.50. The van der Waals surface area contributed by atoms with E-state index in [-0.39, 0.29) is 16.7 Å². The molecule has 2 amide bonds. The average molecular weight is 580 g/mol. The predicted octanol–water partition coefficient (Wildman–Crippen LogP) is 5.37. The minimum atomic E-state index is -0.925. The lowest BCUT2D eigenvalue weighted by atomic mass is 9.84. The van der Waals surface area contributed by atoms with Gasteiger partial charge in [0.1, 0.15) is 17.6 Å². The monoisotopic (exact) mass is 579 g/mol. The summed E-state index contributed by atoms with van der Waals surface area (Å²) in [5, 5.41) is 18.7. The zero-order valence-electron chi connectivity index (χ0n) is 23.4. The van der Waals surface area contributed by atoms with Crippen LogP contribution in [0.4, 0.5) is 4.39 Å². The lowest BCUT2D eigenvalue weighted by Gasteiger charge is -2.38. The molecule has 1 saturated heterocycles. The molecule has 4 rings (SSSR count). The Morgan fingerprint density at radius 2 is 1.93 bits per heavy atom. The number of benzene rings is 2. The first-order chi connectivity index (χ1) is 19.3. The molecule has 3 aromatic rings. The van der Waals surface area contributed by atoms with Crippen molar-refractivity contribution in [1.29, 1.82) is 5.26 Å². The maximum Gasteiger partial charge on any atom is 0.307 e. The molecule has 9 nitrogen and oxygen atoms in total. The highest BCUT2D eigenvalue weighted by Crippen LogP contribution is 2.44. The van der Waals surface area contributed by atoms with E-state index in [4.69, 9.17) is 16.3 Å². The standard InChI is InChI=1S/C30H31ClFN5O4/c1-16-12-20(7-10-24(16)41-25-13-17(2)35-36-28(25)39)27(38)34-18(3)29(40)37-23(9-11-26(37)30(4,5)15-33)19-6-8-22(32)21(31)14-19/h6-8,10,12-14,18,23,26H,9,11H2,1-5H3,(H,34,38)(H,36,39)/t18-,23+,26?/m1/s1. The number of amides is 2. The molecular formula is C30H31ClFN5O4. The largest absolute Gasteiger partial charge is 0.451 e. The van der Waals surface area contributed by atoms with Gasteiger partial charge >= 0.3 is 5.56 Å². The molecule has 0 aliphatic carbocycles. The number of halogens is 2. The van der Waals surface area contributed by atoms with Crippen molar-refractivity contribution in [2.24, 2.45) is 5.41 Å². The minimum absolute atomic E-state index is 0.0503. The molecular weight excluding hydrogens is 549 g/mol. The number of hydrogen-bond donors (Lipinski definition) is 2. The zero-order valence-corrected chi connectivity index (χ0v) is 24.2. The van der Waals surface area contributed by atoms with E-state index in [1.54, 1.807) is 57.7 Å². The van der Waals surface area contributed by atoms with E-state index in [9.17, 15) is 24.0 Å². The van der Waals surface area contributed by atoms with Crippen molar-refractivity contribution in [2.45, 2.75) is 65.6 Å². The molecule has 0 bridgehead atoms. The highest BCUT2D eigenvalue weighted by atomic mass is 35.5. The smallest absolute Gasteiger partial charge is 0.307 e. The van der Waals surface area contributed by atoms with Crippen LogP contribution in [0.1, 0.15) is 66.8 Å². The third-order valence-electron chi connectivity index (χ3n) is 7.36. The van der Waals surface area contributed by atoms with Gasteiger partial charge in [-0.2, -0.15) is 10.4 Å².